The van der Waals surface area contributed by atoms with Gasteiger partial charge in [0.25, 0.3) is 0 Å². The molecule has 0 aliphatic carbocycles. The lowest BCUT2D eigenvalue weighted by Gasteiger charge is -2.21. The van der Waals surface area contributed by atoms with Gasteiger partial charge in [-0.1, -0.05) is 35.9 Å². The van der Waals surface area contributed by atoms with Gasteiger partial charge in [0, 0.05) is 6.54 Å². The van der Waals surface area contributed by atoms with E-state index in [-0.39, 0.29) is 11.9 Å². The zero-order valence-electron chi connectivity index (χ0n) is 11.3. The van der Waals surface area contributed by atoms with E-state index in [1.165, 1.54) is 11.6 Å². The number of para-hydroxylation sites is 1. The lowest BCUT2D eigenvalue weighted by Crippen LogP contribution is -2.22. The Morgan fingerprint density at radius 1 is 1.16 bits per heavy atom. The average molecular weight is 258 g/mol. The van der Waals surface area contributed by atoms with E-state index >= 15 is 0 Å². The molecule has 2 rings (SSSR count). The lowest BCUT2D eigenvalue weighted by atomic mass is 9.98. The van der Waals surface area contributed by atoms with Gasteiger partial charge in [-0.05, 0) is 37.1 Å². The highest BCUT2D eigenvalue weighted by Gasteiger charge is 2.13. The van der Waals surface area contributed by atoms with E-state index in [0.717, 1.165) is 11.1 Å². The summed E-state index contributed by atoms with van der Waals surface area (Å²) in [6, 6.07) is 12.8. The molecule has 0 bridgehead atoms. The van der Waals surface area contributed by atoms with Crippen molar-refractivity contribution in [3.05, 3.63) is 65.0 Å². The second kappa shape index (κ2) is 5.85. The first kappa shape index (κ1) is 13.6. The molecule has 2 aromatic carbocycles. The summed E-state index contributed by atoms with van der Waals surface area (Å²) in [5, 5.41) is 3.18. The maximum absolute atomic E-state index is 13.7. The molecule has 0 saturated carbocycles. The molecule has 1 atom stereocenters. The Labute approximate surface area is 113 Å². The van der Waals surface area contributed by atoms with Crippen LogP contribution in [0.1, 0.15) is 22.7 Å². The predicted octanol–water partition coefficient (Wildman–Crippen LogP) is 3.55. The first-order valence-electron chi connectivity index (χ1n) is 6.40. The molecule has 0 amide bonds. The standard InChI is InChI=1S/C16H19FN2/c1-11-7-8-12(2)13(9-11)16(10-18)19-15-6-4-3-5-14(15)17/h3-9,16,19H,10,18H2,1-2H3. The predicted molar refractivity (Wildman–Crippen MR) is 77.7 cm³/mol. The van der Waals surface area contributed by atoms with E-state index in [0.29, 0.717) is 12.2 Å². The molecule has 3 heteroatoms. The Bertz CT molecular complexity index is 566. The number of halogens is 1. The van der Waals surface area contributed by atoms with E-state index in [4.69, 9.17) is 5.73 Å². The molecule has 19 heavy (non-hydrogen) atoms. The normalized spacial score (nSPS) is 12.2. The summed E-state index contributed by atoms with van der Waals surface area (Å²) in [6.07, 6.45) is 0. The summed E-state index contributed by atoms with van der Waals surface area (Å²) in [5.41, 5.74) is 9.77. The molecule has 0 aliphatic heterocycles. The third-order valence-electron chi connectivity index (χ3n) is 3.25. The fourth-order valence-corrected chi connectivity index (χ4v) is 2.16. The molecule has 2 nitrogen and oxygen atoms in total. The molecular weight excluding hydrogens is 239 g/mol. The van der Waals surface area contributed by atoms with Gasteiger partial charge in [-0.15, -0.1) is 0 Å². The Balaban J connectivity index is 2.30. The molecular formula is C16H19FN2. The highest BCUT2D eigenvalue weighted by molar-refractivity contribution is 5.48. The van der Waals surface area contributed by atoms with E-state index in [2.05, 4.69) is 23.5 Å². The van der Waals surface area contributed by atoms with Gasteiger partial charge in [0.2, 0.25) is 0 Å². The van der Waals surface area contributed by atoms with Gasteiger partial charge in [-0.25, -0.2) is 4.39 Å². The van der Waals surface area contributed by atoms with Crippen molar-refractivity contribution in [1.29, 1.82) is 0 Å². The van der Waals surface area contributed by atoms with Crippen LogP contribution >= 0.6 is 0 Å². The van der Waals surface area contributed by atoms with Crippen molar-refractivity contribution >= 4 is 5.69 Å². The summed E-state index contributed by atoms with van der Waals surface area (Å²) in [5.74, 6) is -0.258. The van der Waals surface area contributed by atoms with Crippen LogP contribution in [-0.2, 0) is 0 Å². The van der Waals surface area contributed by atoms with Crippen molar-refractivity contribution in [1.82, 2.24) is 0 Å². The highest BCUT2D eigenvalue weighted by atomic mass is 19.1. The van der Waals surface area contributed by atoms with Gasteiger partial charge in [0.05, 0.1) is 11.7 Å². The van der Waals surface area contributed by atoms with Crippen LogP contribution in [0.4, 0.5) is 10.1 Å². The van der Waals surface area contributed by atoms with Crippen molar-refractivity contribution < 1.29 is 4.39 Å². The van der Waals surface area contributed by atoms with Gasteiger partial charge in [-0.3, -0.25) is 0 Å². The van der Waals surface area contributed by atoms with Crippen LogP contribution in [0.15, 0.2) is 42.5 Å². The summed E-state index contributed by atoms with van der Waals surface area (Å²) >= 11 is 0. The fourth-order valence-electron chi connectivity index (χ4n) is 2.16. The van der Waals surface area contributed by atoms with Crippen LogP contribution < -0.4 is 11.1 Å². The maximum Gasteiger partial charge on any atom is 0.146 e. The van der Waals surface area contributed by atoms with Crippen LogP contribution in [0.5, 0.6) is 0 Å². The molecule has 0 radical (unpaired) electrons. The maximum atomic E-state index is 13.7. The molecule has 1 unspecified atom stereocenters. The minimum absolute atomic E-state index is 0.0863. The quantitative estimate of drug-likeness (QED) is 0.880. The summed E-state index contributed by atoms with van der Waals surface area (Å²) in [7, 11) is 0. The Morgan fingerprint density at radius 3 is 2.58 bits per heavy atom. The van der Waals surface area contributed by atoms with Gasteiger partial charge in [0.15, 0.2) is 0 Å². The minimum atomic E-state index is -0.258. The molecule has 0 fully saturated rings. The monoisotopic (exact) mass is 258 g/mol. The molecule has 0 spiro atoms. The van der Waals surface area contributed by atoms with Crippen molar-refractivity contribution in [2.24, 2.45) is 5.73 Å². The van der Waals surface area contributed by atoms with Crippen molar-refractivity contribution in [3.63, 3.8) is 0 Å². The Hall–Kier alpha value is -1.87. The smallest absolute Gasteiger partial charge is 0.146 e. The third-order valence-corrected chi connectivity index (χ3v) is 3.25. The number of benzene rings is 2. The molecule has 0 aromatic heterocycles. The average Bonchev–Trinajstić information content (AvgIpc) is 2.41. The second-order valence-electron chi connectivity index (χ2n) is 4.77. The lowest BCUT2D eigenvalue weighted by molar-refractivity contribution is 0.625. The minimum Gasteiger partial charge on any atom is -0.375 e. The van der Waals surface area contributed by atoms with Crippen molar-refractivity contribution in [2.75, 3.05) is 11.9 Å². The number of aryl methyl sites for hydroxylation is 2. The SMILES string of the molecule is Cc1ccc(C)c(C(CN)Nc2ccccc2F)c1. The topological polar surface area (TPSA) is 38.0 Å². The van der Waals surface area contributed by atoms with Crippen LogP contribution in [-0.4, -0.2) is 6.54 Å². The Morgan fingerprint density at radius 2 is 1.89 bits per heavy atom. The number of hydrogen-bond donors (Lipinski definition) is 2. The number of hydrogen-bond acceptors (Lipinski definition) is 2. The summed E-state index contributed by atoms with van der Waals surface area (Å²) < 4.78 is 13.7. The van der Waals surface area contributed by atoms with Gasteiger partial charge >= 0.3 is 0 Å². The van der Waals surface area contributed by atoms with E-state index in [9.17, 15) is 4.39 Å². The third kappa shape index (κ3) is 3.12. The molecule has 0 heterocycles. The van der Waals surface area contributed by atoms with Gasteiger partial charge in [0.1, 0.15) is 5.82 Å². The van der Waals surface area contributed by atoms with Crippen LogP contribution in [0.2, 0.25) is 0 Å². The second-order valence-corrected chi connectivity index (χ2v) is 4.77. The molecule has 100 valence electrons. The molecule has 0 aliphatic rings. The van der Waals surface area contributed by atoms with E-state index in [1.54, 1.807) is 12.1 Å². The number of rotatable bonds is 4. The number of nitrogens with two attached hydrogens (primary N) is 1. The van der Waals surface area contributed by atoms with Gasteiger partial charge < -0.3 is 11.1 Å². The zero-order valence-corrected chi connectivity index (χ0v) is 11.3. The Kier molecular flexibility index (Phi) is 4.17. The van der Waals surface area contributed by atoms with Crippen LogP contribution in [0.25, 0.3) is 0 Å². The van der Waals surface area contributed by atoms with Crippen molar-refractivity contribution in [3.8, 4) is 0 Å². The summed E-state index contributed by atoms with van der Waals surface area (Å²) in [6.45, 7) is 4.50. The van der Waals surface area contributed by atoms with Crippen LogP contribution in [0.3, 0.4) is 0 Å². The summed E-state index contributed by atoms with van der Waals surface area (Å²) in [4.78, 5) is 0. The van der Waals surface area contributed by atoms with Gasteiger partial charge in [-0.2, -0.15) is 0 Å². The molecule has 0 saturated heterocycles. The first-order chi connectivity index (χ1) is 9.11. The van der Waals surface area contributed by atoms with E-state index < -0.39 is 0 Å². The first-order valence-corrected chi connectivity index (χ1v) is 6.40. The number of nitrogens with one attached hydrogen (secondary N) is 1. The molecule has 2 aromatic rings. The largest absolute Gasteiger partial charge is 0.375 e. The molecule has 3 N–H and O–H groups in total. The van der Waals surface area contributed by atoms with Crippen LogP contribution in [0, 0.1) is 19.7 Å². The van der Waals surface area contributed by atoms with E-state index in [1.807, 2.05) is 19.9 Å². The zero-order chi connectivity index (χ0) is 13.8. The fraction of sp³-hybridized carbons (Fsp3) is 0.250. The van der Waals surface area contributed by atoms with Crippen molar-refractivity contribution in [2.45, 2.75) is 19.9 Å². The highest BCUT2D eigenvalue weighted by Crippen LogP contribution is 2.24. The number of anilines is 1.